The molecule has 0 aliphatic carbocycles. The van der Waals surface area contributed by atoms with Crippen LogP contribution < -0.4 is 4.72 Å². The molecule has 0 radical (unpaired) electrons. The van der Waals surface area contributed by atoms with Crippen molar-refractivity contribution in [3.05, 3.63) is 45.8 Å². The molecule has 2 N–H and O–H groups in total. The molecule has 106 valence electrons. The summed E-state index contributed by atoms with van der Waals surface area (Å²) >= 11 is 6.63. The molecule has 0 aliphatic rings. The van der Waals surface area contributed by atoms with Crippen LogP contribution in [0.3, 0.4) is 0 Å². The van der Waals surface area contributed by atoms with Gasteiger partial charge in [0.05, 0.1) is 9.90 Å². The molecular weight excluding hydrogens is 322 g/mol. The van der Waals surface area contributed by atoms with E-state index in [2.05, 4.69) is 4.72 Å². The molecule has 0 saturated carbocycles. The van der Waals surface area contributed by atoms with Crippen LogP contribution >= 0.6 is 22.9 Å². The van der Waals surface area contributed by atoms with E-state index in [1.165, 1.54) is 24.3 Å². The fraction of sp³-hybridized carbons (Fsp3) is 0.0833. The summed E-state index contributed by atoms with van der Waals surface area (Å²) in [5, 5.41) is 9.02. The van der Waals surface area contributed by atoms with E-state index < -0.39 is 16.0 Å². The van der Waals surface area contributed by atoms with Crippen molar-refractivity contribution in [2.45, 2.75) is 11.1 Å². The lowest BCUT2D eigenvalue weighted by molar-refractivity contribution is 0.0696. The second-order valence-electron chi connectivity index (χ2n) is 4.00. The molecule has 0 amide bonds. The number of thiophene rings is 1. The van der Waals surface area contributed by atoms with Gasteiger partial charge >= 0.3 is 5.97 Å². The Balaban J connectivity index is 2.35. The van der Waals surface area contributed by atoms with Crippen LogP contribution in [0.2, 0.25) is 4.34 Å². The van der Waals surface area contributed by atoms with Gasteiger partial charge in [0.15, 0.2) is 0 Å². The number of hydrogen-bond donors (Lipinski definition) is 2. The molecular formula is C12H10ClNO4S2. The Morgan fingerprint density at radius 1 is 1.30 bits per heavy atom. The third kappa shape index (κ3) is 3.12. The van der Waals surface area contributed by atoms with Gasteiger partial charge in [-0.1, -0.05) is 17.7 Å². The van der Waals surface area contributed by atoms with Crippen molar-refractivity contribution in [1.29, 1.82) is 0 Å². The van der Waals surface area contributed by atoms with Gasteiger partial charge in [-0.2, -0.15) is 0 Å². The summed E-state index contributed by atoms with van der Waals surface area (Å²) in [4.78, 5) is 11.0. The zero-order valence-electron chi connectivity index (χ0n) is 10.3. The zero-order valence-corrected chi connectivity index (χ0v) is 12.6. The minimum Gasteiger partial charge on any atom is -0.478 e. The van der Waals surface area contributed by atoms with Crippen LogP contribution in [0.4, 0.5) is 5.69 Å². The number of sulfonamides is 1. The first kappa shape index (κ1) is 14.8. The SMILES string of the molecule is Cc1ccc(NS(=O)(=O)c2ccc(Cl)s2)cc1C(=O)O. The van der Waals surface area contributed by atoms with E-state index in [4.69, 9.17) is 16.7 Å². The molecule has 0 unspecified atom stereocenters. The molecule has 2 aromatic rings. The van der Waals surface area contributed by atoms with Crippen LogP contribution in [0.25, 0.3) is 0 Å². The normalized spacial score (nSPS) is 11.3. The Bertz CT molecular complexity index is 768. The van der Waals surface area contributed by atoms with Crippen LogP contribution in [0, 0.1) is 6.92 Å². The van der Waals surface area contributed by atoms with Crippen LogP contribution in [-0.4, -0.2) is 19.5 Å². The Morgan fingerprint density at radius 3 is 2.55 bits per heavy atom. The lowest BCUT2D eigenvalue weighted by Gasteiger charge is -2.08. The molecule has 0 saturated heterocycles. The Morgan fingerprint density at radius 2 is 2.00 bits per heavy atom. The number of rotatable bonds is 4. The van der Waals surface area contributed by atoms with Gasteiger partial charge in [-0.25, -0.2) is 13.2 Å². The molecule has 5 nitrogen and oxygen atoms in total. The van der Waals surface area contributed by atoms with Gasteiger partial charge in [0.25, 0.3) is 10.0 Å². The summed E-state index contributed by atoms with van der Waals surface area (Å²) < 4.78 is 26.9. The van der Waals surface area contributed by atoms with Gasteiger partial charge in [-0.15, -0.1) is 11.3 Å². The van der Waals surface area contributed by atoms with E-state index in [0.29, 0.717) is 9.90 Å². The fourth-order valence-electron chi connectivity index (χ4n) is 1.56. The maximum atomic E-state index is 12.1. The van der Waals surface area contributed by atoms with Crippen molar-refractivity contribution >= 4 is 44.6 Å². The van der Waals surface area contributed by atoms with Gasteiger partial charge in [0.1, 0.15) is 4.21 Å². The number of nitrogens with one attached hydrogen (secondary N) is 1. The molecule has 0 atom stereocenters. The first-order chi connectivity index (χ1) is 9.29. The lowest BCUT2D eigenvalue weighted by atomic mass is 10.1. The van der Waals surface area contributed by atoms with E-state index in [-0.39, 0.29) is 15.5 Å². The van der Waals surface area contributed by atoms with Crippen molar-refractivity contribution in [3.63, 3.8) is 0 Å². The molecule has 1 aromatic carbocycles. The molecule has 1 heterocycles. The molecule has 8 heteroatoms. The van der Waals surface area contributed by atoms with E-state index in [1.54, 1.807) is 13.0 Å². The number of benzene rings is 1. The molecule has 1 aromatic heterocycles. The van der Waals surface area contributed by atoms with E-state index in [9.17, 15) is 13.2 Å². The van der Waals surface area contributed by atoms with E-state index in [0.717, 1.165) is 11.3 Å². The van der Waals surface area contributed by atoms with Gasteiger partial charge in [-0.3, -0.25) is 4.72 Å². The van der Waals surface area contributed by atoms with Crippen LogP contribution in [-0.2, 0) is 10.0 Å². The number of carboxylic acid groups (broad SMARTS) is 1. The predicted molar refractivity (Wildman–Crippen MR) is 78.3 cm³/mol. The van der Waals surface area contributed by atoms with Gasteiger partial charge in [-0.05, 0) is 36.8 Å². The second kappa shape index (κ2) is 5.43. The number of aryl methyl sites for hydroxylation is 1. The Labute approximate surface area is 124 Å². The van der Waals surface area contributed by atoms with E-state index >= 15 is 0 Å². The average Bonchev–Trinajstić information content (AvgIpc) is 2.78. The van der Waals surface area contributed by atoms with Crippen LogP contribution in [0.5, 0.6) is 0 Å². The van der Waals surface area contributed by atoms with Gasteiger partial charge in [0.2, 0.25) is 0 Å². The zero-order chi connectivity index (χ0) is 14.9. The second-order valence-corrected chi connectivity index (χ2v) is 7.62. The number of anilines is 1. The molecule has 0 aliphatic heterocycles. The average molecular weight is 332 g/mol. The maximum absolute atomic E-state index is 12.1. The molecule has 0 spiro atoms. The summed E-state index contributed by atoms with van der Waals surface area (Å²) in [5.74, 6) is -1.11. The Hall–Kier alpha value is -1.57. The third-order valence-electron chi connectivity index (χ3n) is 2.53. The van der Waals surface area contributed by atoms with E-state index in [1.807, 2.05) is 0 Å². The largest absolute Gasteiger partial charge is 0.478 e. The molecule has 20 heavy (non-hydrogen) atoms. The number of aromatic carboxylic acids is 1. The van der Waals surface area contributed by atoms with Crippen molar-refractivity contribution in [1.82, 2.24) is 0 Å². The number of halogens is 1. The standard InChI is InChI=1S/C12H10ClNO4S2/c1-7-2-3-8(6-9(7)12(15)16)14-20(17,18)11-5-4-10(13)19-11/h2-6,14H,1H3,(H,15,16). The number of hydrogen-bond acceptors (Lipinski definition) is 4. The van der Waals surface area contributed by atoms with Crippen molar-refractivity contribution in [2.75, 3.05) is 4.72 Å². The van der Waals surface area contributed by atoms with Crippen molar-refractivity contribution < 1.29 is 18.3 Å². The highest BCUT2D eigenvalue weighted by atomic mass is 35.5. The van der Waals surface area contributed by atoms with Gasteiger partial charge < -0.3 is 5.11 Å². The minimum atomic E-state index is -3.76. The highest BCUT2D eigenvalue weighted by Gasteiger charge is 2.18. The molecule has 2 rings (SSSR count). The predicted octanol–water partition coefficient (Wildman–Crippen LogP) is 3.21. The highest BCUT2D eigenvalue weighted by Crippen LogP contribution is 2.27. The first-order valence-corrected chi connectivity index (χ1v) is 8.09. The maximum Gasteiger partial charge on any atom is 0.336 e. The Kier molecular flexibility index (Phi) is 4.03. The summed E-state index contributed by atoms with van der Waals surface area (Å²) in [6, 6.07) is 7.21. The summed E-state index contributed by atoms with van der Waals surface area (Å²) in [7, 11) is -3.76. The third-order valence-corrected chi connectivity index (χ3v) is 5.64. The number of carbonyl (C=O) groups is 1. The quantitative estimate of drug-likeness (QED) is 0.901. The number of carboxylic acids is 1. The van der Waals surface area contributed by atoms with Gasteiger partial charge in [0, 0.05) is 5.69 Å². The summed E-state index contributed by atoms with van der Waals surface area (Å²) in [5.41, 5.74) is 0.798. The minimum absolute atomic E-state index is 0.0504. The van der Waals surface area contributed by atoms with Crippen molar-refractivity contribution in [2.24, 2.45) is 0 Å². The summed E-state index contributed by atoms with van der Waals surface area (Å²) in [6.45, 7) is 1.64. The highest BCUT2D eigenvalue weighted by molar-refractivity contribution is 7.94. The summed E-state index contributed by atoms with van der Waals surface area (Å²) in [6.07, 6.45) is 0. The van der Waals surface area contributed by atoms with Crippen molar-refractivity contribution in [3.8, 4) is 0 Å². The smallest absolute Gasteiger partial charge is 0.336 e. The fourth-order valence-corrected chi connectivity index (χ4v) is 4.10. The van der Waals surface area contributed by atoms with Crippen LogP contribution in [0.1, 0.15) is 15.9 Å². The lowest BCUT2D eigenvalue weighted by Crippen LogP contribution is -2.12. The first-order valence-electron chi connectivity index (χ1n) is 5.42. The topological polar surface area (TPSA) is 83.5 Å². The molecule has 0 bridgehead atoms. The monoisotopic (exact) mass is 331 g/mol. The van der Waals surface area contributed by atoms with Crippen LogP contribution in [0.15, 0.2) is 34.5 Å². The molecule has 0 fully saturated rings.